The topological polar surface area (TPSA) is 32.3 Å². The van der Waals surface area contributed by atoms with Gasteiger partial charge in [0.05, 0.1) is 5.69 Å². The van der Waals surface area contributed by atoms with Crippen LogP contribution in [0.25, 0.3) is 0 Å². The number of rotatable bonds is 1. The molecule has 0 radical (unpaired) electrons. The number of amides is 1. The Kier molecular flexibility index (Phi) is 3.23. The molecule has 0 bridgehead atoms. The molecule has 1 aromatic rings. The predicted octanol–water partition coefficient (Wildman–Crippen LogP) is 2.83. The fourth-order valence-corrected chi connectivity index (χ4v) is 3.29. The summed E-state index contributed by atoms with van der Waals surface area (Å²) in [6.45, 7) is 5.32. The third-order valence-electron chi connectivity index (χ3n) is 4.63. The molecule has 3 nitrogen and oxygen atoms in total. The van der Waals surface area contributed by atoms with Crippen LogP contribution in [-0.4, -0.2) is 30.4 Å². The third kappa shape index (κ3) is 2.20. The molecule has 3 rings (SSSR count). The maximum absolute atomic E-state index is 13.9. The first-order valence-electron chi connectivity index (χ1n) is 7.10. The molecule has 0 aromatic heterocycles. The normalized spacial score (nSPS) is 24.4. The fourth-order valence-electron chi connectivity index (χ4n) is 3.29. The summed E-state index contributed by atoms with van der Waals surface area (Å²) < 4.78 is 27.4. The summed E-state index contributed by atoms with van der Waals surface area (Å²) in [5.74, 6) is -1.05. The van der Waals surface area contributed by atoms with E-state index in [4.69, 9.17) is 0 Å². The molecule has 2 heterocycles. The number of carbonyl (C=O) groups excluding carboxylic acids is 1. The molecule has 5 heteroatoms. The van der Waals surface area contributed by atoms with E-state index in [0.29, 0.717) is 30.9 Å². The predicted molar refractivity (Wildman–Crippen MR) is 77.2 cm³/mol. The van der Waals surface area contributed by atoms with E-state index in [1.165, 1.54) is 6.07 Å². The van der Waals surface area contributed by atoms with E-state index < -0.39 is 17.0 Å². The maximum atomic E-state index is 13.9. The monoisotopic (exact) mass is 292 g/mol. The first-order chi connectivity index (χ1) is 9.91. The minimum atomic E-state index is -0.553. The number of nitrogens with one attached hydrogen (secondary N) is 1. The first-order valence-corrected chi connectivity index (χ1v) is 7.10. The quantitative estimate of drug-likeness (QED) is 0.807. The van der Waals surface area contributed by atoms with Crippen LogP contribution >= 0.6 is 0 Å². The number of carbonyl (C=O) groups is 1. The molecule has 0 aliphatic carbocycles. The van der Waals surface area contributed by atoms with Crippen molar-refractivity contribution in [2.75, 3.05) is 25.0 Å². The molecule has 0 saturated heterocycles. The number of benzene rings is 1. The molecule has 0 saturated carbocycles. The molecule has 2 aliphatic heterocycles. The van der Waals surface area contributed by atoms with Crippen LogP contribution in [0.4, 0.5) is 14.5 Å². The molecular weight excluding hydrogens is 274 g/mol. The van der Waals surface area contributed by atoms with Crippen LogP contribution < -0.4 is 5.32 Å². The van der Waals surface area contributed by atoms with Gasteiger partial charge in [-0.15, -0.1) is 0 Å². The van der Waals surface area contributed by atoms with Crippen LogP contribution in [0.1, 0.15) is 25.8 Å². The SMILES string of the molecule is CC(=O)N1CC=C(C2(C)CNc3c(F)cc(F)cc32)CC1. The van der Waals surface area contributed by atoms with Gasteiger partial charge in [-0.3, -0.25) is 4.79 Å². The summed E-state index contributed by atoms with van der Waals surface area (Å²) in [6, 6.07) is 2.32. The zero-order chi connectivity index (χ0) is 15.2. The summed E-state index contributed by atoms with van der Waals surface area (Å²) in [4.78, 5) is 13.1. The molecule has 2 aliphatic rings. The van der Waals surface area contributed by atoms with Crippen molar-refractivity contribution in [3.05, 3.63) is 41.0 Å². The second kappa shape index (κ2) is 4.83. The number of halogens is 2. The summed E-state index contributed by atoms with van der Waals surface area (Å²) >= 11 is 0. The van der Waals surface area contributed by atoms with Crippen molar-refractivity contribution in [2.45, 2.75) is 25.7 Å². The van der Waals surface area contributed by atoms with Gasteiger partial charge in [-0.25, -0.2) is 8.78 Å². The second-order valence-electron chi connectivity index (χ2n) is 5.94. The maximum Gasteiger partial charge on any atom is 0.219 e. The van der Waals surface area contributed by atoms with Crippen molar-refractivity contribution in [3.63, 3.8) is 0 Å². The highest BCUT2D eigenvalue weighted by atomic mass is 19.1. The molecule has 1 atom stereocenters. The molecule has 112 valence electrons. The fraction of sp³-hybridized carbons (Fsp3) is 0.438. The summed E-state index contributed by atoms with van der Waals surface area (Å²) in [5.41, 5.74) is 1.79. The molecule has 1 amide bonds. The first kappa shape index (κ1) is 14.0. The highest BCUT2D eigenvalue weighted by Crippen LogP contribution is 2.44. The van der Waals surface area contributed by atoms with E-state index >= 15 is 0 Å². The van der Waals surface area contributed by atoms with Crippen molar-refractivity contribution in [2.24, 2.45) is 0 Å². The van der Waals surface area contributed by atoms with E-state index in [0.717, 1.165) is 18.1 Å². The van der Waals surface area contributed by atoms with Crippen LogP contribution in [0, 0.1) is 11.6 Å². The van der Waals surface area contributed by atoms with E-state index in [1.807, 2.05) is 13.0 Å². The summed E-state index contributed by atoms with van der Waals surface area (Å²) in [7, 11) is 0. The smallest absolute Gasteiger partial charge is 0.219 e. The highest BCUT2D eigenvalue weighted by molar-refractivity contribution is 5.74. The molecule has 0 spiro atoms. The van der Waals surface area contributed by atoms with Gasteiger partial charge in [0.1, 0.15) is 11.6 Å². The van der Waals surface area contributed by atoms with Crippen LogP contribution in [-0.2, 0) is 10.2 Å². The lowest BCUT2D eigenvalue weighted by Crippen LogP contribution is -2.37. The minimum Gasteiger partial charge on any atom is -0.381 e. The van der Waals surface area contributed by atoms with Gasteiger partial charge in [0.2, 0.25) is 5.91 Å². The van der Waals surface area contributed by atoms with E-state index in [1.54, 1.807) is 11.8 Å². The second-order valence-corrected chi connectivity index (χ2v) is 5.94. The molecule has 0 fully saturated rings. The lowest BCUT2D eigenvalue weighted by molar-refractivity contribution is -0.128. The Labute approximate surface area is 122 Å². The number of fused-ring (bicyclic) bond motifs is 1. The molecule has 1 N–H and O–H groups in total. The number of nitrogens with zero attached hydrogens (tertiary/aromatic N) is 1. The Hall–Kier alpha value is -1.91. The number of anilines is 1. The van der Waals surface area contributed by atoms with Gasteiger partial charge < -0.3 is 10.2 Å². The van der Waals surface area contributed by atoms with Crippen molar-refractivity contribution < 1.29 is 13.6 Å². The van der Waals surface area contributed by atoms with Gasteiger partial charge in [0, 0.05) is 38.0 Å². The Balaban J connectivity index is 1.97. The van der Waals surface area contributed by atoms with Crippen molar-refractivity contribution in [3.8, 4) is 0 Å². The highest BCUT2D eigenvalue weighted by Gasteiger charge is 2.40. The average Bonchev–Trinajstić information content (AvgIpc) is 2.78. The zero-order valence-electron chi connectivity index (χ0n) is 12.2. The number of hydrogen-bond acceptors (Lipinski definition) is 2. The standard InChI is InChI=1S/C16H18F2N2O/c1-10(21)20-5-3-11(4-6-20)16(2)9-19-15-13(16)7-12(17)8-14(15)18/h3,7-8,19H,4-6,9H2,1-2H3. The third-order valence-corrected chi connectivity index (χ3v) is 4.63. The van der Waals surface area contributed by atoms with Gasteiger partial charge in [0.25, 0.3) is 0 Å². The van der Waals surface area contributed by atoms with Crippen molar-refractivity contribution in [1.82, 2.24) is 4.90 Å². The molecule has 1 unspecified atom stereocenters. The average molecular weight is 292 g/mol. The van der Waals surface area contributed by atoms with E-state index in [9.17, 15) is 13.6 Å². The van der Waals surface area contributed by atoms with Crippen LogP contribution in [0.5, 0.6) is 0 Å². The summed E-state index contributed by atoms with van der Waals surface area (Å²) in [6.07, 6.45) is 2.75. The van der Waals surface area contributed by atoms with Crippen LogP contribution in [0.15, 0.2) is 23.8 Å². The largest absolute Gasteiger partial charge is 0.381 e. The minimum absolute atomic E-state index is 0.0532. The van der Waals surface area contributed by atoms with Crippen molar-refractivity contribution in [1.29, 1.82) is 0 Å². The molecular formula is C16H18F2N2O. The van der Waals surface area contributed by atoms with Crippen LogP contribution in [0.2, 0.25) is 0 Å². The lowest BCUT2D eigenvalue weighted by Gasteiger charge is -2.34. The van der Waals surface area contributed by atoms with Crippen molar-refractivity contribution >= 4 is 11.6 Å². The van der Waals surface area contributed by atoms with E-state index in [2.05, 4.69) is 5.32 Å². The molecule has 1 aromatic carbocycles. The van der Waals surface area contributed by atoms with Gasteiger partial charge in [-0.05, 0) is 25.0 Å². The summed E-state index contributed by atoms with van der Waals surface area (Å²) in [5, 5.41) is 3.05. The molecule has 21 heavy (non-hydrogen) atoms. The Morgan fingerprint density at radius 3 is 2.76 bits per heavy atom. The van der Waals surface area contributed by atoms with Gasteiger partial charge >= 0.3 is 0 Å². The van der Waals surface area contributed by atoms with Crippen LogP contribution in [0.3, 0.4) is 0 Å². The van der Waals surface area contributed by atoms with Gasteiger partial charge in [-0.2, -0.15) is 0 Å². The Morgan fingerprint density at radius 1 is 1.38 bits per heavy atom. The number of hydrogen-bond donors (Lipinski definition) is 1. The Bertz CT molecular complexity index is 641. The van der Waals surface area contributed by atoms with Gasteiger partial charge in [0.15, 0.2) is 0 Å². The lowest BCUT2D eigenvalue weighted by atomic mass is 9.75. The van der Waals surface area contributed by atoms with Gasteiger partial charge in [-0.1, -0.05) is 11.6 Å². The zero-order valence-corrected chi connectivity index (χ0v) is 12.2. The Morgan fingerprint density at radius 2 is 2.14 bits per heavy atom. The van der Waals surface area contributed by atoms with E-state index in [-0.39, 0.29) is 5.91 Å².